The van der Waals surface area contributed by atoms with Crippen molar-refractivity contribution in [1.29, 1.82) is 0 Å². The molecule has 103 heavy (non-hydrogen) atoms. The monoisotopic (exact) mass is 1510 g/mol. The second-order valence-corrected chi connectivity index (χ2v) is 34.1. The minimum Gasteiger partial charge on any atom is -0.462 e. The van der Waals surface area contributed by atoms with Crippen molar-refractivity contribution in [3.63, 3.8) is 0 Å². The van der Waals surface area contributed by atoms with Crippen molar-refractivity contribution >= 4 is 39.5 Å². The molecule has 17 nitrogen and oxygen atoms in total. The highest BCUT2D eigenvalue weighted by Gasteiger charge is 2.30. The summed E-state index contributed by atoms with van der Waals surface area (Å²) in [6, 6.07) is 0. The quantitative estimate of drug-likeness (QED) is 0.0222. The van der Waals surface area contributed by atoms with Crippen LogP contribution < -0.4 is 0 Å². The number of hydrogen-bond donors (Lipinski definition) is 3. The molecule has 612 valence electrons. The lowest BCUT2D eigenvalue weighted by Crippen LogP contribution is -2.30. The maximum atomic E-state index is 13.1. The van der Waals surface area contributed by atoms with Crippen molar-refractivity contribution in [2.75, 3.05) is 39.6 Å². The number of ether oxygens (including phenoxy) is 4. The summed E-state index contributed by atoms with van der Waals surface area (Å²) < 4.78 is 68.9. The van der Waals surface area contributed by atoms with E-state index in [-0.39, 0.29) is 25.7 Å². The standard InChI is InChI=1S/C84H164O17P2/c1-7-9-11-13-15-17-19-21-22-23-24-25-28-32-38-44-50-56-62-68-83(88)100-79(73-95-82(87)67-61-55-49-43-37-31-29-26-27-30-34-40-46-52-58-64-76(3)4)74-98-102(90,91)96-70-78(85)71-97-103(92,93)99-75-80(72-94-81(86)66-60-54-48-42-36-20-18-16-14-12-10-8-2)101-84(89)69-63-57-51-45-39-33-35-41-47-53-59-65-77(5)6/h76-80,85H,7-75H2,1-6H3,(H,90,91)(H,92,93)/t78-,79-,80-/m1/s1. The first-order valence-electron chi connectivity index (χ1n) is 43.5. The van der Waals surface area contributed by atoms with E-state index in [1.165, 1.54) is 263 Å². The molecule has 3 N–H and O–H groups in total. The summed E-state index contributed by atoms with van der Waals surface area (Å²) in [5.74, 6) is -0.531. The van der Waals surface area contributed by atoms with Gasteiger partial charge in [-0.15, -0.1) is 0 Å². The minimum absolute atomic E-state index is 0.107. The van der Waals surface area contributed by atoms with E-state index in [9.17, 15) is 43.2 Å². The summed E-state index contributed by atoms with van der Waals surface area (Å²) in [4.78, 5) is 73.2. The molecule has 5 atom stereocenters. The average Bonchev–Trinajstić information content (AvgIpc) is 0.908. The molecule has 0 aromatic rings. The van der Waals surface area contributed by atoms with E-state index in [4.69, 9.17) is 37.0 Å². The van der Waals surface area contributed by atoms with Crippen LogP contribution in [0.3, 0.4) is 0 Å². The second-order valence-electron chi connectivity index (χ2n) is 31.2. The lowest BCUT2D eigenvalue weighted by Gasteiger charge is -2.21. The molecule has 0 amide bonds. The molecular weight excluding hydrogens is 1340 g/mol. The Balaban J connectivity index is 5.25. The van der Waals surface area contributed by atoms with E-state index in [0.29, 0.717) is 25.7 Å². The van der Waals surface area contributed by atoms with Crippen molar-refractivity contribution < 1.29 is 80.2 Å². The maximum Gasteiger partial charge on any atom is 0.472 e. The van der Waals surface area contributed by atoms with Crippen LogP contribution in [0.4, 0.5) is 0 Å². The fourth-order valence-electron chi connectivity index (χ4n) is 13.1. The van der Waals surface area contributed by atoms with Gasteiger partial charge in [0, 0.05) is 25.7 Å². The first-order chi connectivity index (χ1) is 49.9. The van der Waals surface area contributed by atoms with Crippen LogP contribution in [0, 0.1) is 11.8 Å². The Morgan fingerprint density at radius 2 is 0.447 bits per heavy atom. The normalized spacial score (nSPS) is 13.9. The van der Waals surface area contributed by atoms with Gasteiger partial charge in [-0.25, -0.2) is 9.13 Å². The summed E-state index contributed by atoms with van der Waals surface area (Å²) in [5, 5.41) is 10.7. The Morgan fingerprint density at radius 3 is 0.660 bits per heavy atom. The van der Waals surface area contributed by atoms with Crippen molar-refractivity contribution in [2.24, 2.45) is 11.8 Å². The molecule has 0 heterocycles. The molecule has 0 aliphatic rings. The minimum atomic E-state index is -4.96. The van der Waals surface area contributed by atoms with E-state index in [1.54, 1.807) is 0 Å². The highest BCUT2D eigenvalue weighted by Crippen LogP contribution is 2.45. The molecule has 0 bridgehead atoms. The second kappa shape index (κ2) is 75.5. The zero-order chi connectivity index (χ0) is 75.6. The smallest absolute Gasteiger partial charge is 0.462 e. The number of esters is 4. The number of unbranched alkanes of at least 4 members (excludes halogenated alkanes) is 53. The molecule has 0 fully saturated rings. The van der Waals surface area contributed by atoms with Crippen molar-refractivity contribution in [1.82, 2.24) is 0 Å². The Bertz CT molecular complexity index is 1980. The Kier molecular flexibility index (Phi) is 74.1. The summed E-state index contributed by atoms with van der Waals surface area (Å²) in [7, 11) is -9.92. The molecule has 0 aliphatic carbocycles. The molecule has 0 saturated heterocycles. The average molecular weight is 1510 g/mol. The summed E-state index contributed by atoms with van der Waals surface area (Å²) >= 11 is 0. The zero-order valence-corrected chi connectivity index (χ0v) is 69.4. The van der Waals surface area contributed by atoms with Gasteiger partial charge in [0.2, 0.25) is 0 Å². The number of carbonyl (C=O) groups excluding carboxylic acids is 4. The van der Waals surface area contributed by atoms with Gasteiger partial charge >= 0.3 is 39.5 Å². The molecule has 0 aliphatic heterocycles. The first kappa shape index (κ1) is 101. The highest BCUT2D eigenvalue weighted by atomic mass is 31.2. The van der Waals surface area contributed by atoms with E-state index in [2.05, 4.69) is 41.5 Å². The predicted octanol–water partition coefficient (Wildman–Crippen LogP) is 25.5. The van der Waals surface area contributed by atoms with Gasteiger partial charge in [0.15, 0.2) is 12.2 Å². The van der Waals surface area contributed by atoms with Gasteiger partial charge < -0.3 is 33.8 Å². The SMILES string of the molecule is CCCCCCCCCCCCCCCCCCCCCC(=O)O[C@H](COC(=O)CCCCCCCCCCCCCCCCCC(C)C)COP(=O)(O)OC[C@@H](O)COP(=O)(O)OC[C@@H](COC(=O)CCCCCCCCCCCCCC)OC(=O)CCCCCCCCCCCCCC(C)C. The van der Waals surface area contributed by atoms with Gasteiger partial charge in [-0.1, -0.05) is 395 Å². The van der Waals surface area contributed by atoms with Crippen LogP contribution in [0.15, 0.2) is 0 Å². The zero-order valence-electron chi connectivity index (χ0n) is 67.6. The number of rotatable bonds is 83. The van der Waals surface area contributed by atoms with E-state index >= 15 is 0 Å². The summed E-state index contributed by atoms with van der Waals surface area (Å²) in [5.41, 5.74) is 0. The highest BCUT2D eigenvalue weighted by molar-refractivity contribution is 7.47. The molecule has 0 radical (unpaired) electrons. The predicted molar refractivity (Wildman–Crippen MR) is 423 cm³/mol. The maximum absolute atomic E-state index is 13.1. The third kappa shape index (κ3) is 78.0. The lowest BCUT2D eigenvalue weighted by molar-refractivity contribution is -0.161. The van der Waals surface area contributed by atoms with Crippen molar-refractivity contribution in [2.45, 2.75) is 464 Å². The van der Waals surface area contributed by atoms with Crippen LogP contribution in [-0.2, 0) is 65.4 Å². The van der Waals surface area contributed by atoms with Gasteiger partial charge in [0.1, 0.15) is 19.3 Å². The Hall–Kier alpha value is -1.94. The number of hydrogen-bond acceptors (Lipinski definition) is 15. The number of aliphatic hydroxyl groups excluding tert-OH is 1. The lowest BCUT2D eigenvalue weighted by atomic mass is 10.0. The molecule has 0 rings (SSSR count). The van der Waals surface area contributed by atoms with Gasteiger partial charge in [0.05, 0.1) is 26.4 Å². The summed E-state index contributed by atoms with van der Waals surface area (Å²) in [6.45, 7) is 9.69. The molecule has 0 spiro atoms. The molecule has 2 unspecified atom stereocenters. The Morgan fingerprint density at radius 1 is 0.262 bits per heavy atom. The number of phosphoric ester groups is 2. The van der Waals surface area contributed by atoms with E-state index in [1.807, 2.05) is 0 Å². The topological polar surface area (TPSA) is 237 Å². The van der Waals surface area contributed by atoms with Gasteiger partial charge in [-0.2, -0.15) is 0 Å². The molecule has 19 heteroatoms. The van der Waals surface area contributed by atoms with Crippen LogP contribution in [0.5, 0.6) is 0 Å². The fraction of sp³-hybridized carbons (Fsp3) is 0.952. The number of aliphatic hydroxyl groups is 1. The van der Waals surface area contributed by atoms with Gasteiger partial charge in [-0.05, 0) is 37.5 Å². The Labute approximate surface area is 632 Å². The molecule has 0 aromatic carbocycles. The van der Waals surface area contributed by atoms with Gasteiger partial charge in [0.25, 0.3) is 0 Å². The largest absolute Gasteiger partial charge is 0.472 e. The van der Waals surface area contributed by atoms with Crippen molar-refractivity contribution in [3.05, 3.63) is 0 Å². The fourth-order valence-corrected chi connectivity index (χ4v) is 14.6. The van der Waals surface area contributed by atoms with Crippen LogP contribution >= 0.6 is 15.6 Å². The van der Waals surface area contributed by atoms with Gasteiger partial charge in [-0.3, -0.25) is 37.3 Å². The number of carbonyl (C=O) groups is 4. The molecular formula is C84H164O17P2. The number of phosphoric acid groups is 2. The van der Waals surface area contributed by atoms with Crippen LogP contribution in [0.1, 0.15) is 446 Å². The summed E-state index contributed by atoms with van der Waals surface area (Å²) in [6.07, 6.45) is 66.5. The van der Waals surface area contributed by atoms with Crippen molar-refractivity contribution in [3.8, 4) is 0 Å². The van der Waals surface area contributed by atoms with Crippen LogP contribution in [0.25, 0.3) is 0 Å². The van der Waals surface area contributed by atoms with E-state index < -0.39 is 97.5 Å². The third-order valence-electron chi connectivity index (χ3n) is 19.7. The third-order valence-corrected chi connectivity index (χ3v) is 21.6. The van der Waals surface area contributed by atoms with Crippen LogP contribution in [0.2, 0.25) is 0 Å². The van der Waals surface area contributed by atoms with Crippen LogP contribution in [-0.4, -0.2) is 96.7 Å². The molecule has 0 aromatic heterocycles. The van der Waals surface area contributed by atoms with E-state index in [0.717, 1.165) is 102 Å². The molecule has 0 saturated carbocycles. The first-order valence-corrected chi connectivity index (χ1v) is 46.5.